The number of piperidine rings is 1. The smallest absolute Gasteiger partial charge is 0.232 e. The zero-order valence-corrected chi connectivity index (χ0v) is 13.5. The van der Waals surface area contributed by atoms with Crippen molar-refractivity contribution in [3.05, 3.63) is 55.1 Å². The molecule has 0 atom stereocenters. The van der Waals surface area contributed by atoms with Crippen molar-refractivity contribution in [1.29, 1.82) is 0 Å². The number of rotatable bonds is 4. The molecule has 3 heterocycles. The number of pyridine rings is 1. The van der Waals surface area contributed by atoms with Crippen molar-refractivity contribution in [1.82, 2.24) is 15.0 Å². The third-order valence-corrected chi connectivity index (χ3v) is 4.59. The molecule has 0 amide bonds. The fourth-order valence-electron chi connectivity index (χ4n) is 3.26. The number of hydrogen-bond donors (Lipinski definition) is 0. The van der Waals surface area contributed by atoms with E-state index in [0.29, 0.717) is 18.4 Å². The van der Waals surface area contributed by atoms with E-state index in [9.17, 15) is 0 Å². The Balaban J connectivity index is 1.39. The topological polar surface area (TPSA) is 51.1 Å². The number of hydrogen-bond acceptors (Lipinski definition) is 5. The summed E-state index contributed by atoms with van der Waals surface area (Å²) in [5.74, 6) is 1.18. The first-order valence-corrected chi connectivity index (χ1v) is 8.37. The largest absolute Gasteiger partial charge is 0.476 e. The van der Waals surface area contributed by atoms with Crippen molar-refractivity contribution in [3.8, 4) is 5.88 Å². The molecule has 122 valence electrons. The van der Waals surface area contributed by atoms with Crippen molar-refractivity contribution in [2.24, 2.45) is 5.92 Å². The molecule has 0 saturated carbocycles. The first-order chi connectivity index (χ1) is 11.9. The summed E-state index contributed by atoms with van der Waals surface area (Å²) < 4.78 is 5.75. The Morgan fingerprint density at radius 1 is 1.00 bits per heavy atom. The lowest BCUT2D eigenvalue weighted by atomic mass is 9.97. The van der Waals surface area contributed by atoms with Gasteiger partial charge in [0.25, 0.3) is 0 Å². The van der Waals surface area contributed by atoms with Crippen LogP contribution in [0.3, 0.4) is 0 Å². The molecule has 0 unspecified atom stereocenters. The van der Waals surface area contributed by atoms with E-state index in [1.807, 2.05) is 12.3 Å². The molecule has 1 aliphatic heterocycles. The lowest BCUT2D eigenvalue weighted by Gasteiger charge is -2.34. The van der Waals surface area contributed by atoms with Crippen LogP contribution in [0, 0.1) is 5.92 Å². The molecule has 1 aromatic carbocycles. The van der Waals surface area contributed by atoms with Gasteiger partial charge in [-0.25, -0.2) is 4.98 Å². The first kappa shape index (κ1) is 14.9. The van der Waals surface area contributed by atoms with E-state index in [4.69, 9.17) is 4.74 Å². The number of fused-ring (bicyclic) bond motifs is 1. The molecule has 1 aliphatic rings. The standard InChI is InChI=1S/C19H20N4O/c1-2-4-17-16(3-1)18(5-8-21-17)23-11-6-15(7-12-23)14-24-19-13-20-9-10-22-19/h1-5,8-10,13,15H,6-7,11-12,14H2. The Morgan fingerprint density at radius 3 is 2.71 bits per heavy atom. The Kier molecular flexibility index (Phi) is 4.23. The number of para-hydroxylation sites is 1. The van der Waals surface area contributed by atoms with Crippen LogP contribution in [0.4, 0.5) is 5.69 Å². The number of anilines is 1. The average Bonchev–Trinajstić information content (AvgIpc) is 2.67. The van der Waals surface area contributed by atoms with Crippen molar-refractivity contribution in [2.75, 3.05) is 24.6 Å². The van der Waals surface area contributed by atoms with Crippen LogP contribution in [0.5, 0.6) is 5.88 Å². The molecule has 0 aliphatic carbocycles. The molecule has 5 nitrogen and oxygen atoms in total. The lowest BCUT2D eigenvalue weighted by Crippen LogP contribution is -2.35. The van der Waals surface area contributed by atoms with Crippen LogP contribution in [-0.2, 0) is 0 Å². The summed E-state index contributed by atoms with van der Waals surface area (Å²) in [6.07, 6.45) is 9.13. The molecule has 5 heteroatoms. The van der Waals surface area contributed by atoms with E-state index in [1.165, 1.54) is 11.1 Å². The minimum absolute atomic E-state index is 0.566. The molecular weight excluding hydrogens is 300 g/mol. The van der Waals surface area contributed by atoms with E-state index >= 15 is 0 Å². The van der Waals surface area contributed by atoms with Gasteiger partial charge in [-0.3, -0.25) is 9.97 Å². The molecule has 1 fully saturated rings. The zero-order chi connectivity index (χ0) is 16.2. The third kappa shape index (κ3) is 3.15. The molecule has 3 aromatic rings. The van der Waals surface area contributed by atoms with Crippen LogP contribution in [0.25, 0.3) is 10.9 Å². The molecule has 4 rings (SSSR count). The minimum atomic E-state index is 0.566. The van der Waals surface area contributed by atoms with Crippen molar-refractivity contribution in [2.45, 2.75) is 12.8 Å². The van der Waals surface area contributed by atoms with Crippen LogP contribution < -0.4 is 9.64 Å². The maximum atomic E-state index is 5.75. The van der Waals surface area contributed by atoms with Crippen molar-refractivity contribution in [3.63, 3.8) is 0 Å². The van der Waals surface area contributed by atoms with Crippen LogP contribution in [0.2, 0.25) is 0 Å². The summed E-state index contributed by atoms with van der Waals surface area (Å²) in [4.78, 5) is 15.1. The summed E-state index contributed by atoms with van der Waals surface area (Å²) in [5, 5.41) is 1.23. The van der Waals surface area contributed by atoms with E-state index in [0.717, 1.165) is 31.4 Å². The van der Waals surface area contributed by atoms with Gasteiger partial charge in [0.15, 0.2) is 0 Å². The Hall–Kier alpha value is -2.69. The Morgan fingerprint density at radius 2 is 1.88 bits per heavy atom. The van der Waals surface area contributed by atoms with E-state index in [-0.39, 0.29) is 0 Å². The van der Waals surface area contributed by atoms with Gasteiger partial charge in [0, 0.05) is 42.8 Å². The fourth-order valence-corrected chi connectivity index (χ4v) is 3.26. The van der Waals surface area contributed by atoms with Crippen molar-refractivity contribution >= 4 is 16.6 Å². The van der Waals surface area contributed by atoms with Crippen LogP contribution in [0.15, 0.2) is 55.1 Å². The van der Waals surface area contributed by atoms with E-state index in [1.54, 1.807) is 18.6 Å². The SMILES string of the molecule is c1ccc2c(N3CCC(COc4cnccn4)CC3)ccnc2c1. The maximum Gasteiger partial charge on any atom is 0.232 e. The molecule has 0 radical (unpaired) electrons. The maximum absolute atomic E-state index is 5.75. The fraction of sp³-hybridized carbons (Fsp3) is 0.316. The quantitative estimate of drug-likeness (QED) is 0.738. The van der Waals surface area contributed by atoms with Gasteiger partial charge in [0.2, 0.25) is 5.88 Å². The predicted molar refractivity (Wildman–Crippen MR) is 94.2 cm³/mol. The predicted octanol–water partition coefficient (Wildman–Crippen LogP) is 3.32. The second-order valence-corrected chi connectivity index (χ2v) is 6.13. The van der Waals surface area contributed by atoms with Gasteiger partial charge in [-0.1, -0.05) is 18.2 Å². The zero-order valence-electron chi connectivity index (χ0n) is 13.5. The molecule has 1 saturated heterocycles. The van der Waals surface area contributed by atoms with Gasteiger partial charge in [0.1, 0.15) is 0 Å². The lowest BCUT2D eigenvalue weighted by molar-refractivity contribution is 0.215. The van der Waals surface area contributed by atoms with E-state index < -0.39 is 0 Å². The minimum Gasteiger partial charge on any atom is -0.476 e. The summed E-state index contributed by atoms with van der Waals surface area (Å²) in [6, 6.07) is 10.5. The average molecular weight is 320 g/mol. The van der Waals surface area contributed by atoms with Gasteiger partial charge >= 0.3 is 0 Å². The Labute approximate surface area is 141 Å². The highest BCUT2D eigenvalue weighted by atomic mass is 16.5. The molecule has 2 aromatic heterocycles. The summed E-state index contributed by atoms with van der Waals surface area (Å²) in [7, 11) is 0. The number of nitrogens with zero attached hydrogens (tertiary/aromatic N) is 4. The second kappa shape index (κ2) is 6.83. The highest BCUT2D eigenvalue weighted by Crippen LogP contribution is 2.29. The highest BCUT2D eigenvalue weighted by Gasteiger charge is 2.21. The molecule has 0 spiro atoms. The van der Waals surface area contributed by atoms with Crippen LogP contribution >= 0.6 is 0 Å². The van der Waals surface area contributed by atoms with Gasteiger partial charge in [-0.05, 0) is 30.9 Å². The Bertz CT molecular complexity index is 795. The van der Waals surface area contributed by atoms with Crippen LogP contribution in [-0.4, -0.2) is 34.6 Å². The van der Waals surface area contributed by atoms with E-state index in [2.05, 4.69) is 44.1 Å². The first-order valence-electron chi connectivity index (χ1n) is 8.37. The third-order valence-electron chi connectivity index (χ3n) is 4.59. The molecule has 0 N–H and O–H groups in total. The van der Waals surface area contributed by atoms with Gasteiger partial charge < -0.3 is 9.64 Å². The number of aromatic nitrogens is 3. The van der Waals surface area contributed by atoms with Gasteiger partial charge in [-0.15, -0.1) is 0 Å². The number of ether oxygens (including phenoxy) is 1. The summed E-state index contributed by atoms with van der Waals surface area (Å²) in [5.41, 5.74) is 2.34. The monoisotopic (exact) mass is 320 g/mol. The summed E-state index contributed by atoms with van der Waals surface area (Å²) >= 11 is 0. The van der Waals surface area contributed by atoms with Crippen molar-refractivity contribution < 1.29 is 4.74 Å². The summed E-state index contributed by atoms with van der Waals surface area (Å²) in [6.45, 7) is 2.80. The van der Waals surface area contributed by atoms with Gasteiger partial charge in [-0.2, -0.15) is 0 Å². The molecular formula is C19H20N4O. The molecule has 0 bridgehead atoms. The highest BCUT2D eigenvalue weighted by molar-refractivity contribution is 5.91. The van der Waals surface area contributed by atoms with Gasteiger partial charge in [0.05, 0.1) is 18.3 Å². The normalized spacial score (nSPS) is 15.6. The molecule has 24 heavy (non-hydrogen) atoms. The van der Waals surface area contributed by atoms with Crippen LogP contribution in [0.1, 0.15) is 12.8 Å². The number of benzene rings is 1. The second-order valence-electron chi connectivity index (χ2n) is 6.13.